The maximum Gasteiger partial charge on any atom is 0.237 e. The van der Waals surface area contributed by atoms with Gasteiger partial charge in [-0.15, -0.1) is 0 Å². The number of carbonyl (C=O) groups is 1. The van der Waals surface area contributed by atoms with Gasteiger partial charge in [0.1, 0.15) is 5.82 Å². The van der Waals surface area contributed by atoms with Crippen LogP contribution in [0.3, 0.4) is 0 Å². The molecule has 2 aliphatic rings. The Balaban J connectivity index is 1.41. The Hall–Kier alpha value is -1.88. The number of carbonyl (C=O) groups excluding carboxylic acids is 1. The van der Waals surface area contributed by atoms with Gasteiger partial charge in [0.15, 0.2) is 0 Å². The number of allylic oxidation sites excluding steroid dienone is 1. The predicted octanol–water partition coefficient (Wildman–Crippen LogP) is 3.34. The van der Waals surface area contributed by atoms with Gasteiger partial charge < -0.3 is 10.2 Å². The van der Waals surface area contributed by atoms with Crippen LogP contribution in [-0.2, 0) is 4.79 Å². The molecule has 142 valence electrons. The summed E-state index contributed by atoms with van der Waals surface area (Å²) in [5, 5.41) is 3.10. The molecule has 1 aromatic carbocycles. The number of anilines is 1. The molecule has 1 aliphatic carbocycles. The van der Waals surface area contributed by atoms with E-state index in [2.05, 4.69) is 21.2 Å². The summed E-state index contributed by atoms with van der Waals surface area (Å²) in [5.41, 5.74) is 2.54. The summed E-state index contributed by atoms with van der Waals surface area (Å²) in [7, 11) is 0. The van der Waals surface area contributed by atoms with Gasteiger partial charge in [0.2, 0.25) is 5.91 Å². The molecule has 0 bridgehead atoms. The molecule has 4 nitrogen and oxygen atoms in total. The second-order valence-electron chi connectivity index (χ2n) is 7.32. The summed E-state index contributed by atoms with van der Waals surface area (Å²) < 4.78 is 13.1. The molecule has 1 saturated heterocycles. The number of halogens is 1. The van der Waals surface area contributed by atoms with E-state index < -0.39 is 0 Å². The Morgan fingerprint density at radius 1 is 1.15 bits per heavy atom. The number of nitrogens with one attached hydrogen (secondary N) is 1. The molecule has 0 aromatic heterocycles. The van der Waals surface area contributed by atoms with E-state index in [0.717, 1.165) is 44.8 Å². The van der Waals surface area contributed by atoms with Gasteiger partial charge >= 0.3 is 0 Å². The molecular formula is C21H30FN3O. The van der Waals surface area contributed by atoms with Crippen molar-refractivity contribution in [1.29, 1.82) is 0 Å². The van der Waals surface area contributed by atoms with Crippen LogP contribution in [0.5, 0.6) is 0 Å². The van der Waals surface area contributed by atoms with Crippen molar-refractivity contribution in [2.24, 2.45) is 0 Å². The van der Waals surface area contributed by atoms with Gasteiger partial charge in [0.25, 0.3) is 0 Å². The molecule has 1 atom stereocenters. The third kappa shape index (κ3) is 5.07. The van der Waals surface area contributed by atoms with E-state index in [0.29, 0.717) is 0 Å². The predicted molar refractivity (Wildman–Crippen MR) is 104 cm³/mol. The van der Waals surface area contributed by atoms with Crippen LogP contribution in [0.1, 0.15) is 39.0 Å². The standard InChI is InChI=1S/C21H30FN3O/c1-17(21(26)23-12-11-18-5-3-2-4-6-18)24-13-15-25(16-14-24)20-9-7-19(22)8-10-20/h5,7-10,17H,2-4,6,11-16H2,1H3,(H,23,26)/t17-/m0/s1. The third-order valence-electron chi connectivity index (χ3n) is 5.56. The van der Waals surface area contributed by atoms with Crippen molar-refractivity contribution in [2.75, 3.05) is 37.6 Å². The Morgan fingerprint density at radius 3 is 2.54 bits per heavy atom. The highest BCUT2D eigenvalue weighted by Gasteiger charge is 2.25. The molecule has 0 spiro atoms. The van der Waals surface area contributed by atoms with Crippen LogP contribution >= 0.6 is 0 Å². The molecule has 3 rings (SSSR count). The average Bonchev–Trinajstić information content (AvgIpc) is 2.69. The van der Waals surface area contributed by atoms with Crippen molar-refractivity contribution >= 4 is 11.6 Å². The van der Waals surface area contributed by atoms with E-state index in [1.54, 1.807) is 0 Å². The molecular weight excluding hydrogens is 329 g/mol. The van der Waals surface area contributed by atoms with Gasteiger partial charge in [-0.05, 0) is 63.3 Å². The average molecular weight is 359 g/mol. The van der Waals surface area contributed by atoms with Crippen molar-refractivity contribution < 1.29 is 9.18 Å². The second kappa shape index (κ2) is 9.17. The van der Waals surface area contributed by atoms with E-state index in [1.807, 2.05) is 19.1 Å². The fourth-order valence-corrected chi connectivity index (χ4v) is 3.81. The van der Waals surface area contributed by atoms with Crippen molar-refractivity contribution in [1.82, 2.24) is 10.2 Å². The minimum atomic E-state index is -0.207. The number of rotatable bonds is 6. The van der Waals surface area contributed by atoms with Gasteiger partial charge in [-0.2, -0.15) is 0 Å². The lowest BCUT2D eigenvalue weighted by Gasteiger charge is -2.38. The van der Waals surface area contributed by atoms with Gasteiger partial charge in [-0.3, -0.25) is 9.69 Å². The fraction of sp³-hybridized carbons (Fsp3) is 0.571. The lowest BCUT2D eigenvalue weighted by Crippen LogP contribution is -2.54. The maximum atomic E-state index is 13.1. The van der Waals surface area contributed by atoms with Crippen LogP contribution in [-0.4, -0.2) is 49.6 Å². The monoisotopic (exact) mass is 359 g/mol. The SMILES string of the molecule is C[C@@H](C(=O)NCCC1=CCCCC1)N1CCN(c2ccc(F)cc2)CC1. The van der Waals surface area contributed by atoms with Crippen molar-refractivity contribution in [3.63, 3.8) is 0 Å². The molecule has 1 aromatic rings. The quantitative estimate of drug-likeness (QED) is 0.792. The summed E-state index contributed by atoms with van der Waals surface area (Å²) in [5.74, 6) is -0.0849. The van der Waals surface area contributed by atoms with Crippen LogP contribution in [0.25, 0.3) is 0 Å². The third-order valence-corrected chi connectivity index (χ3v) is 5.56. The van der Waals surface area contributed by atoms with Crippen molar-refractivity contribution in [3.8, 4) is 0 Å². The first kappa shape index (κ1) is 18.9. The molecule has 0 saturated carbocycles. The lowest BCUT2D eigenvalue weighted by atomic mass is 9.97. The highest BCUT2D eigenvalue weighted by Crippen LogP contribution is 2.20. The normalized spacial score (nSPS) is 19.8. The molecule has 0 radical (unpaired) electrons. The number of hydrogen-bond acceptors (Lipinski definition) is 3. The van der Waals surface area contributed by atoms with Crippen LogP contribution < -0.4 is 10.2 Å². The van der Waals surface area contributed by atoms with Gasteiger partial charge in [-0.1, -0.05) is 11.6 Å². The largest absolute Gasteiger partial charge is 0.369 e. The Kier molecular flexibility index (Phi) is 6.67. The number of hydrogen-bond donors (Lipinski definition) is 1. The number of nitrogens with zero attached hydrogens (tertiary/aromatic N) is 2. The van der Waals surface area contributed by atoms with E-state index in [9.17, 15) is 9.18 Å². The first-order valence-corrected chi connectivity index (χ1v) is 9.83. The molecule has 0 unspecified atom stereocenters. The van der Waals surface area contributed by atoms with E-state index >= 15 is 0 Å². The lowest BCUT2D eigenvalue weighted by molar-refractivity contribution is -0.125. The van der Waals surface area contributed by atoms with Crippen LogP contribution in [0.15, 0.2) is 35.9 Å². The minimum absolute atomic E-state index is 0.106. The zero-order chi connectivity index (χ0) is 18.4. The smallest absolute Gasteiger partial charge is 0.237 e. The summed E-state index contributed by atoms with van der Waals surface area (Å²) in [6.45, 7) is 6.13. The molecule has 1 amide bonds. The van der Waals surface area contributed by atoms with Crippen LogP contribution in [0.4, 0.5) is 10.1 Å². The fourth-order valence-electron chi connectivity index (χ4n) is 3.81. The first-order valence-electron chi connectivity index (χ1n) is 9.83. The highest BCUT2D eigenvalue weighted by molar-refractivity contribution is 5.81. The van der Waals surface area contributed by atoms with Crippen molar-refractivity contribution in [3.05, 3.63) is 41.7 Å². The molecule has 26 heavy (non-hydrogen) atoms. The highest BCUT2D eigenvalue weighted by atomic mass is 19.1. The molecule has 5 heteroatoms. The Morgan fingerprint density at radius 2 is 1.88 bits per heavy atom. The zero-order valence-corrected chi connectivity index (χ0v) is 15.7. The van der Waals surface area contributed by atoms with Gasteiger partial charge in [-0.25, -0.2) is 4.39 Å². The first-order chi connectivity index (χ1) is 12.6. The van der Waals surface area contributed by atoms with Crippen LogP contribution in [0, 0.1) is 5.82 Å². The summed E-state index contributed by atoms with van der Waals surface area (Å²) in [4.78, 5) is 16.9. The van der Waals surface area contributed by atoms with E-state index in [1.165, 1.54) is 43.4 Å². The van der Waals surface area contributed by atoms with E-state index in [-0.39, 0.29) is 17.8 Å². The number of amides is 1. The second-order valence-corrected chi connectivity index (χ2v) is 7.32. The van der Waals surface area contributed by atoms with Crippen molar-refractivity contribution in [2.45, 2.75) is 45.1 Å². The maximum absolute atomic E-state index is 13.1. The molecule has 1 fully saturated rings. The summed E-state index contributed by atoms with van der Waals surface area (Å²) >= 11 is 0. The Labute approximate surface area is 156 Å². The molecule has 1 aliphatic heterocycles. The molecule has 1 N–H and O–H groups in total. The number of benzene rings is 1. The summed E-state index contributed by atoms with van der Waals surface area (Å²) in [6.07, 6.45) is 8.30. The topological polar surface area (TPSA) is 35.6 Å². The Bertz CT molecular complexity index is 621. The van der Waals surface area contributed by atoms with Gasteiger partial charge in [0.05, 0.1) is 6.04 Å². The van der Waals surface area contributed by atoms with E-state index in [4.69, 9.17) is 0 Å². The van der Waals surface area contributed by atoms with Crippen LogP contribution in [0.2, 0.25) is 0 Å². The summed E-state index contributed by atoms with van der Waals surface area (Å²) in [6, 6.07) is 6.53. The van der Waals surface area contributed by atoms with Gasteiger partial charge in [0, 0.05) is 38.4 Å². The minimum Gasteiger partial charge on any atom is -0.369 e. The molecule has 1 heterocycles. The zero-order valence-electron chi connectivity index (χ0n) is 15.7. The number of piperazine rings is 1.